The molecule has 0 bridgehead atoms. The Kier molecular flexibility index (Phi) is 5.99. The molecule has 1 saturated heterocycles. The molecule has 156 valence electrons. The van der Waals surface area contributed by atoms with E-state index in [1.807, 2.05) is 0 Å². The molecule has 2 N–H and O–H groups in total. The van der Waals surface area contributed by atoms with E-state index in [2.05, 4.69) is 15.6 Å². The lowest BCUT2D eigenvalue weighted by molar-refractivity contribution is -0.135. The van der Waals surface area contributed by atoms with E-state index in [1.54, 1.807) is 25.1 Å². The first-order chi connectivity index (χ1) is 13.7. The molecule has 1 unspecified atom stereocenters. The quantitative estimate of drug-likeness (QED) is 0.373. The van der Waals surface area contributed by atoms with Crippen molar-refractivity contribution in [1.29, 1.82) is 0 Å². The van der Waals surface area contributed by atoms with Gasteiger partial charge in [-0.15, -0.1) is 0 Å². The summed E-state index contributed by atoms with van der Waals surface area (Å²) in [6, 6.07) is 4.37. The molecule has 1 fully saturated rings. The summed E-state index contributed by atoms with van der Waals surface area (Å²) in [7, 11) is -3.50. The maximum absolute atomic E-state index is 13.2. The van der Waals surface area contributed by atoms with E-state index in [-0.39, 0.29) is 30.9 Å². The van der Waals surface area contributed by atoms with Gasteiger partial charge in [0.05, 0.1) is 23.8 Å². The Morgan fingerprint density at radius 2 is 2.07 bits per heavy atom. The molecule has 2 amide bonds. The molecule has 0 radical (unpaired) electrons. The van der Waals surface area contributed by atoms with Crippen molar-refractivity contribution < 1.29 is 22.2 Å². The summed E-state index contributed by atoms with van der Waals surface area (Å²) in [5.41, 5.74) is 0.631. The molecule has 1 aliphatic heterocycles. The van der Waals surface area contributed by atoms with E-state index < -0.39 is 22.1 Å². The number of nitrogens with zero attached hydrogens (tertiary/aromatic N) is 2. The van der Waals surface area contributed by atoms with Crippen molar-refractivity contribution in [2.24, 2.45) is 0 Å². The predicted octanol–water partition coefficient (Wildman–Crippen LogP) is 0.461. The fraction of sp³-hybridized carbons (Fsp3) is 0.444. The van der Waals surface area contributed by atoms with Gasteiger partial charge in [0.25, 0.3) is 15.7 Å². The number of carbonyl (C=O) groups is 2. The van der Waals surface area contributed by atoms with Crippen molar-refractivity contribution in [3.05, 3.63) is 34.4 Å². The van der Waals surface area contributed by atoms with Gasteiger partial charge in [0.1, 0.15) is 11.9 Å². The summed E-state index contributed by atoms with van der Waals surface area (Å²) < 4.78 is 28.0. The molecule has 0 spiro atoms. The van der Waals surface area contributed by atoms with Crippen molar-refractivity contribution in [3.63, 3.8) is 0 Å². The van der Waals surface area contributed by atoms with Crippen LogP contribution < -0.4 is 16.2 Å². The smallest absolute Gasteiger partial charge is 0.264 e. The van der Waals surface area contributed by atoms with Crippen molar-refractivity contribution in [2.75, 3.05) is 24.7 Å². The fourth-order valence-electron chi connectivity index (χ4n) is 3.30. The molecule has 0 saturated carbocycles. The maximum atomic E-state index is 13.2. The molecule has 1 aromatic heterocycles. The summed E-state index contributed by atoms with van der Waals surface area (Å²) in [5.74, 6) is -0.490. The number of benzene rings is 1. The largest absolute Gasteiger partial charge is 0.384 e. The van der Waals surface area contributed by atoms with Gasteiger partial charge in [-0.25, -0.2) is 4.98 Å². The minimum atomic E-state index is -3.50. The number of imide groups is 1. The van der Waals surface area contributed by atoms with E-state index >= 15 is 0 Å². The van der Waals surface area contributed by atoms with Crippen LogP contribution in [-0.4, -0.2) is 49.2 Å². The van der Waals surface area contributed by atoms with E-state index in [9.17, 15) is 22.8 Å². The number of aryl methyl sites for hydroxylation is 1. The van der Waals surface area contributed by atoms with E-state index in [1.165, 1.54) is 4.57 Å². The van der Waals surface area contributed by atoms with Crippen LogP contribution in [-0.2, 0) is 23.9 Å². The SMILES string of the molecule is Cc1nc2cccc(NCCCOS(C)(=O)=O)c2c(=O)n1C1CCC(=O)NC1=O. The maximum Gasteiger partial charge on any atom is 0.264 e. The van der Waals surface area contributed by atoms with Crippen LogP contribution in [0.15, 0.2) is 23.0 Å². The highest BCUT2D eigenvalue weighted by molar-refractivity contribution is 7.85. The Morgan fingerprint density at radius 3 is 2.76 bits per heavy atom. The summed E-state index contributed by atoms with van der Waals surface area (Å²) in [5, 5.41) is 5.69. The number of nitrogens with one attached hydrogen (secondary N) is 2. The van der Waals surface area contributed by atoms with Crippen LogP contribution >= 0.6 is 0 Å². The Balaban J connectivity index is 1.89. The monoisotopic (exact) mass is 422 g/mol. The first kappa shape index (κ1) is 20.9. The predicted molar refractivity (Wildman–Crippen MR) is 106 cm³/mol. The first-order valence-electron chi connectivity index (χ1n) is 9.11. The molecule has 0 aliphatic carbocycles. The Bertz CT molecular complexity index is 1130. The zero-order valence-corrected chi connectivity index (χ0v) is 16.9. The number of hydrogen-bond donors (Lipinski definition) is 2. The third-order valence-corrected chi connectivity index (χ3v) is 5.16. The highest BCUT2D eigenvalue weighted by Crippen LogP contribution is 2.23. The molecule has 2 aromatic rings. The van der Waals surface area contributed by atoms with Gasteiger partial charge in [-0.05, 0) is 31.9 Å². The molecule has 1 atom stereocenters. The van der Waals surface area contributed by atoms with Gasteiger partial charge in [0.2, 0.25) is 11.8 Å². The minimum Gasteiger partial charge on any atom is -0.384 e. The third-order valence-electron chi connectivity index (χ3n) is 4.56. The van der Waals surface area contributed by atoms with Crippen LogP contribution in [0.3, 0.4) is 0 Å². The van der Waals surface area contributed by atoms with Crippen LogP contribution in [0.4, 0.5) is 5.69 Å². The third kappa shape index (κ3) is 4.80. The zero-order valence-electron chi connectivity index (χ0n) is 16.1. The van der Waals surface area contributed by atoms with E-state index in [4.69, 9.17) is 4.18 Å². The molecule has 1 aromatic carbocycles. The fourth-order valence-corrected chi connectivity index (χ4v) is 3.72. The number of amides is 2. The van der Waals surface area contributed by atoms with Gasteiger partial charge in [0, 0.05) is 18.7 Å². The molecule has 3 rings (SSSR count). The summed E-state index contributed by atoms with van der Waals surface area (Å²) in [4.78, 5) is 41.4. The highest BCUT2D eigenvalue weighted by atomic mass is 32.2. The molecular weight excluding hydrogens is 400 g/mol. The molecule has 11 heteroatoms. The topological polar surface area (TPSA) is 136 Å². The molecule has 29 heavy (non-hydrogen) atoms. The van der Waals surface area contributed by atoms with Gasteiger partial charge < -0.3 is 5.32 Å². The Morgan fingerprint density at radius 1 is 1.31 bits per heavy atom. The second kappa shape index (κ2) is 8.29. The normalized spacial score (nSPS) is 17.4. The summed E-state index contributed by atoms with van der Waals surface area (Å²) in [6.45, 7) is 2.04. The van der Waals surface area contributed by atoms with Crippen LogP contribution in [0.25, 0.3) is 10.9 Å². The second-order valence-corrected chi connectivity index (χ2v) is 8.45. The van der Waals surface area contributed by atoms with Crippen molar-refractivity contribution in [1.82, 2.24) is 14.9 Å². The van der Waals surface area contributed by atoms with Gasteiger partial charge in [-0.1, -0.05) is 6.07 Å². The van der Waals surface area contributed by atoms with Crippen LogP contribution in [0.5, 0.6) is 0 Å². The Hall–Kier alpha value is -2.79. The number of hydrogen-bond acceptors (Lipinski definition) is 8. The first-order valence-corrected chi connectivity index (χ1v) is 10.9. The number of piperidine rings is 1. The zero-order chi connectivity index (χ0) is 21.2. The summed E-state index contributed by atoms with van der Waals surface area (Å²) >= 11 is 0. The number of carbonyl (C=O) groups excluding carboxylic acids is 2. The van der Waals surface area contributed by atoms with Crippen molar-refractivity contribution in [2.45, 2.75) is 32.2 Å². The molecule has 1 aliphatic rings. The molecule has 10 nitrogen and oxygen atoms in total. The van der Waals surface area contributed by atoms with Crippen LogP contribution in [0, 0.1) is 6.92 Å². The van der Waals surface area contributed by atoms with Gasteiger partial charge in [0.15, 0.2) is 0 Å². The number of rotatable bonds is 7. The van der Waals surface area contributed by atoms with Crippen LogP contribution in [0.2, 0.25) is 0 Å². The van der Waals surface area contributed by atoms with Crippen molar-refractivity contribution in [3.8, 4) is 0 Å². The standard InChI is InChI=1S/C18H22N4O6S/c1-11-20-13-6-3-5-12(19-9-4-10-28-29(2,26)27)16(13)18(25)22(11)14-7-8-15(23)21-17(14)24/h3,5-6,14,19H,4,7-10H2,1-2H3,(H,21,23,24). The van der Waals surface area contributed by atoms with Crippen LogP contribution in [0.1, 0.15) is 31.1 Å². The highest BCUT2D eigenvalue weighted by Gasteiger charge is 2.30. The van der Waals surface area contributed by atoms with E-state index in [0.29, 0.717) is 35.4 Å². The lowest BCUT2D eigenvalue weighted by Crippen LogP contribution is -2.45. The number of aromatic nitrogens is 2. The minimum absolute atomic E-state index is 0.0223. The molecule has 2 heterocycles. The lowest BCUT2D eigenvalue weighted by Gasteiger charge is -2.24. The van der Waals surface area contributed by atoms with Gasteiger partial charge >= 0.3 is 0 Å². The van der Waals surface area contributed by atoms with E-state index in [0.717, 1.165) is 6.26 Å². The Labute approximate surface area is 167 Å². The molecular formula is C18H22N4O6S. The average molecular weight is 422 g/mol. The van der Waals surface area contributed by atoms with Gasteiger partial charge in [-0.2, -0.15) is 8.42 Å². The van der Waals surface area contributed by atoms with Crippen molar-refractivity contribution >= 4 is 38.5 Å². The number of fused-ring (bicyclic) bond motifs is 1. The summed E-state index contributed by atoms with van der Waals surface area (Å²) in [6.07, 6.45) is 1.78. The second-order valence-electron chi connectivity index (χ2n) is 6.81. The van der Waals surface area contributed by atoms with Gasteiger partial charge in [-0.3, -0.25) is 28.5 Å². The number of anilines is 1. The lowest BCUT2D eigenvalue weighted by atomic mass is 10.1. The average Bonchev–Trinajstić information content (AvgIpc) is 2.62.